The molecule has 0 bridgehead atoms. The van der Waals surface area contributed by atoms with Crippen LogP contribution in [-0.4, -0.2) is 61.2 Å². The Kier molecular flexibility index (Phi) is 19.3. The topological polar surface area (TPSA) is 145 Å². The number of carbonyl (C=O) groups is 2. The zero-order valence-electron chi connectivity index (χ0n) is 36.8. The number of nitro benzene ring substituents is 2. The summed E-state index contributed by atoms with van der Waals surface area (Å²) in [6, 6.07) is 35.6. The van der Waals surface area contributed by atoms with E-state index in [0.29, 0.717) is 13.1 Å². The molecule has 0 unspecified atom stereocenters. The molecule has 0 N–H and O–H groups in total. The Morgan fingerprint density at radius 2 is 0.797 bits per heavy atom. The number of benzene rings is 5. The third-order valence-corrected chi connectivity index (χ3v) is 10.8. The van der Waals surface area contributed by atoms with E-state index in [1.807, 2.05) is 72.8 Å². The van der Waals surface area contributed by atoms with Crippen molar-refractivity contribution in [3.63, 3.8) is 0 Å². The van der Waals surface area contributed by atoms with Crippen LogP contribution in [0.4, 0.5) is 22.7 Å². The second-order valence-corrected chi connectivity index (χ2v) is 15.5. The predicted octanol–water partition coefficient (Wildman–Crippen LogP) is 12.3. The van der Waals surface area contributed by atoms with Crippen molar-refractivity contribution in [2.24, 2.45) is 0 Å². The first-order valence-electron chi connectivity index (χ1n) is 22.1. The summed E-state index contributed by atoms with van der Waals surface area (Å²) in [4.78, 5) is 52.5. The van der Waals surface area contributed by atoms with Crippen molar-refractivity contribution in [1.82, 2.24) is 0 Å². The van der Waals surface area contributed by atoms with E-state index in [2.05, 4.69) is 23.6 Å². The van der Waals surface area contributed by atoms with Gasteiger partial charge in [0, 0.05) is 48.7 Å². The molecule has 0 radical (unpaired) electrons. The molecule has 64 heavy (non-hydrogen) atoms. The Hall–Kier alpha value is -7.08. The Labute approximate surface area is 376 Å². The number of non-ortho nitro benzene ring substituents is 2. The van der Waals surface area contributed by atoms with Gasteiger partial charge in [-0.3, -0.25) is 20.2 Å². The van der Waals surface area contributed by atoms with Crippen molar-refractivity contribution in [2.45, 2.75) is 65.2 Å². The molecule has 0 spiro atoms. The lowest BCUT2D eigenvalue weighted by molar-refractivity contribution is -0.385. The number of anilines is 2. The van der Waals surface area contributed by atoms with Crippen molar-refractivity contribution < 1.29 is 28.9 Å². The van der Waals surface area contributed by atoms with E-state index in [-0.39, 0.29) is 35.7 Å². The summed E-state index contributed by atoms with van der Waals surface area (Å²) in [5, 5.41) is 22.0. The highest BCUT2D eigenvalue weighted by Crippen LogP contribution is 2.22. The number of nitrogens with zero attached hydrogens (tertiary/aromatic N) is 4. The maximum Gasteiger partial charge on any atom is 0.339 e. The average molecular weight is 867 g/mol. The lowest BCUT2D eigenvalue weighted by Gasteiger charge is -2.25. The summed E-state index contributed by atoms with van der Waals surface area (Å²) in [6.07, 6.45) is 16.4. The second kappa shape index (κ2) is 25.8. The lowest BCUT2D eigenvalue weighted by atomic mass is 10.1. The van der Waals surface area contributed by atoms with Crippen LogP contribution in [-0.2, 0) is 9.47 Å². The van der Waals surface area contributed by atoms with Crippen LogP contribution in [0.15, 0.2) is 121 Å². The van der Waals surface area contributed by atoms with Gasteiger partial charge in [-0.05, 0) is 95.8 Å². The van der Waals surface area contributed by atoms with Crippen LogP contribution in [0.25, 0.3) is 24.3 Å². The maximum atomic E-state index is 13.5. The molecule has 5 rings (SSSR count). The highest BCUT2D eigenvalue weighted by molar-refractivity contribution is 6.03. The molecular formula is C52H58N4O8. The van der Waals surface area contributed by atoms with Crippen LogP contribution in [0, 0.1) is 20.2 Å². The average Bonchev–Trinajstić information content (AvgIpc) is 3.32. The van der Waals surface area contributed by atoms with Gasteiger partial charge >= 0.3 is 11.9 Å². The maximum absolute atomic E-state index is 13.5. The van der Waals surface area contributed by atoms with Crippen molar-refractivity contribution in [3.8, 4) is 0 Å². The minimum absolute atomic E-state index is 0.0516. The first kappa shape index (κ1) is 48.0. The quantitative estimate of drug-likeness (QED) is 0.0173. The smallest absolute Gasteiger partial charge is 0.339 e. The zero-order valence-corrected chi connectivity index (χ0v) is 36.8. The van der Waals surface area contributed by atoms with E-state index in [0.717, 1.165) is 98.1 Å². The van der Waals surface area contributed by atoms with E-state index in [1.54, 1.807) is 48.5 Å². The lowest BCUT2D eigenvalue weighted by Crippen LogP contribution is -2.30. The normalized spacial score (nSPS) is 11.2. The summed E-state index contributed by atoms with van der Waals surface area (Å²) >= 11 is 0. The molecule has 0 aromatic heterocycles. The van der Waals surface area contributed by atoms with Crippen LogP contribution in [0.3, 0.4) is 0 Å². The van der Waals surface area contributed by atoms with E-state index >= 15 is 0 Å². The van der Waals surface area contributed by atoms with Crippen LogP contribution < -0.4 is 9.80 Å². The standard InChI is InChI=1S/C52H58N4O8/c1-3-5-7-11-35-53(45-27-19-41(20-28-45)15-17-43-23-31-47(32-24-43)55(59)60)37-39-63-51(57)49-13-9-10-14-50(49)52(58)64-40-38-54(36-12-8-6-4-2)46-29-21-42(22-30-46)16-18-44-25-33-48(34-26-44)56(61)62/h9-10,13-34H,3-8,11-12,35-40H2,1-2H3/b17-15+,18-16+. The van der Waals surface area contributed by atoms with Gasteiger partial charge in [-0.15, -0.1) is 0 Å². The molecule has 5 aromatic rings. The Morgan fingerprint density at radius 1 is 0.469 bits per heavy atom. The molecule has 0 aliphatic carbocycles. The number of ether oxygens (including phenoxy) is 2. The van der Waals surface area contributed by atoms with Crippen molar-refractivity contribution in [1.29, 1.82) is 0 Å². The minimum atomic E-state index is -0.592. The molecular weight excluding hydrogens is 809 g/mol. The summed E-state index contributed by atoms with van der Waals surface area (Å²) < 4.78 is 11.6. The molecule has 0 saturated carbocycles. The molecule has 12 nitrogen and oxygen atoms in total. The zero-order chi connectivity index (χ0) is 45.5. The first-order valence-corrected chi connectivity index (χ1v) is 22.1. The number of hydrogen-bond acceptors (Lipinski definition) is 10. The fourth-order valence-corrected chi connectivity index (χ4v) is 7.08. The first-order chi connectivity index (χ1) is 31.1. The molecule has 0 heterocycles. The molecule has 0 atom stereocenters. The number of hydrogen-bond donors (Lipinski definition) is 0. The van der Waals surface area contributed by atoms with Crippen LogP contribution in [0.5, 0.6) is 0 Å². The Balaban J connectivity index is 1.16. The van der Waals surface area contributed by atoms with Gasteiger partial charge in [-0.25, -0.2) is 9.59 Å². The van der Waals surface area contributed by atoms with Gasteiger partial charge in [0.2, 0.25) is 0 Å². The molecule has 0 aliphatic rings. The monoisotopic (exact) mass is 866 g/mol. The molecule has 0 fully saturated rings. The molecule has 5 aromatic carbocycles. The number of esters is 2. The second-order valence-electron chi connectivity index (χ2n) is 15.5. The fourth-order valence-electron chi connectivity index (χ4n) is 7.08. The highest BCUT2D eigenvalue weighted by atomic mass is 16.6. The molecule has 334 valence electrons. The van der Waals surface area contributed by atoms with Gasteiger partial charge < -0.3 is 19.3 Å². The van der Waals surface area contributed by atoms with E-state index in [1.165, 1.54) is 24.3 Å². The van der Waals surface area contributed by atoms with Gasteiger partial charge in [0.15, 0.2) is 0 Å². The minimum Gasteiger partial charge on any atom is -0.460 e. The summed E-state index contributed by atoms with van der Waals surface area (Å²) in [6.45, 7) is 7.10. The van der Waals surface area contributed by atoms with E-state index in [4.69, 9.17) is 9.47 Å². The third kappa shape index (κ3) is 15.4. The third-order valence-electron chi connectivity index (χ3n) is 10.8. The number of carbonyl (C=O) groups excluding carboxylic acids is 2. The van der Waals surface area contributed by atoms with Crippen molar-refractivity contribution in [3.05, 3.63) is 175 Å². The number of unbranched alkanes of at least 4 members (excludes halogenated alkanes) is 6. The Bertz CT molecular complexity index is 2140. The Morgan fingerprint density at radius 3 is 1.11 bits per heavy atom. The summed E-state index contributed by atoms with van der Waals surface area (Å²) in [5.41, 5.74) is 6.07. The van der Waals surface area contributed by atoms with Crippen molar-refractivity contribution in [2.75, 3.05) is 49.2 Å². The predicted molar refractivity (Wildman–Crippen MR) is 257 cm³/mol. The van der Waals surface area contributed by atoms with Gasteiger partial charge in [-0.2, -0.15) is 0 Å². The van der Waals surface area contributed by atoms with Gasteiger partial charge in [0.25, 0.3) is 11.4 Å². The van der Waals surface area contributed by atoms with Gasteiger partial charge in [-0.1, -0.05) is 113 Å². The highest BCUT2D eigenvalue weighted by Gasteiger charge is 2.20. The van der Waals surface area contributed by atoms with Gasteiger partial charge in [0.05, 0.1) is 34.1 Å². The molecule has 0 aliphatic heterocycles. The van der Waals surface area contributed by atoms with Crippen LogP contribution in [0.1, 0.15) is 108 Å². The van der Waals surface area contributed by atoms with E-state index < -0.39 is 21.8 Å². The molecule has 0 amide bonds. The van der Waals surface area contributed by atoms with Crippen LogP contribution in [0.2, 0.25) is 0 Å². The molecule has 0 saturated heterocycles. The van der Waals surface area contributed by atoms with Crippen molar-refractivity contribution >= 4 is 59.0 Å². The summed E-state index contributed by atoms with van der Waals surface area (Å²) in [5.74, 6) is -1.18. The van der Waals surface area contributed by atoms with Gasteiger partial charge in [0.1, 0.15) is 13.2 Å². The van der Waals surface area contributed by atoms with Crippen LogP contribution >= 0.6 is 0 Å². The molecule has 12 heteroatoms. The fraction of sp³-hybridized carbons (Fsp3) is 0.308. The summed E-state index contributed by atoms with van der Waals surface area (Å²) in [7, 11) is 0. The largest absolute Gasteiger partial charge is 0.460 e. The van der Waals surface area contributed by atoms with E-state index in [9.17, 15) is 29.8 Å². The SMILES string of the molecule is CCCCCCN(CCOC(=O)c1ccccc1C(=O)OCCN(CCCCCC)c1ccc(/C=C/c2ccc([N+](=O)[O-])cc2)cc1)c1ccc(/C=C/c2ccc([N+](=O)[O-])cc2)cc1. The number of nitro groups is 2. The number of rotatable bonds is 26.